The van der Waals surface area contributed by atoms with Crippen LogP contribution < -0.4 is 25.2 Å². The number of rotatable bonds is 4. The monoisotopic (exact) mass is 525 g/mol. The highest BCUT2D eigenvalue weighted by molar-refractivity contribution is 5.94. The molecule has 0 amide bonds. The Kier molecular flexibility index (Phi) is 5.64. The number of para-hydroxylation sites is 1. The van der Waals surface area contributed by atoms with Gasteiger partial charge in [-0.3, -0.25) is 14.4 Å². The number of fused-ring (bicyclic) bond motifs is 4. The quantitative estimate of drug-likeness (QED) is 0.270. The molecule has 0 spiro atoms. The number of hydrogen-bond acceptors (Lipinski definition) is 8. The number of benzene rings is 3. The molecule has 196 valence electrons. The van der Waals surface area contributed by atoms with Gasteiger partial charge in [0.25, 0.3) is 5.56 Å². The van der Waals surface area contributed by atoms with Crippen molar-refractivity contribution < 1.29 is 28.5 Å². The average molecular weight is 526 g/mol. The van der Waals surface area contributed by atoms with E-state index < -0.39 is 23.1 Å². The van der Waals surface area contributed by atoms with Crippen LogP contribution in [0.1, 0.15) is 23.5 Å². The third-order valence-electron chi connectivity index (χ3n) is 7.20. The number of phenols is 1. The number of methoxy groups -OCH3 is 2. The molecule has 9 nitrogen and oxygen atoms in total. The molecule has 2 aromatic heterocycles. The zero-order valence-corrected chi connectivity index (χ0v) is 21.3. The summed E-state index contributed by atoms with van der Waals surface area (Å²) in [7, 11) is 4.66. The van der Waals surface area contributed by atoms with Gasteiger partial charge in [-0.1, -0.05) is 24.3 Å². The lowest BCUT2D eigenvalue weighted by atomic mass is 9.85. The van der Waals surface area contributed by atoms with Crippen molar-refractivity contribution in [1.82, 2.24) is 4.57 Å². The Hall–Kier alpha value is -5.05. The zero-order valence-electron chi connectivity index (χ0n) is 21.3. The van der Waals surface area contributed by atoms with Gasteiger partial charge in [0.2, 0.25) is 5.43 Å². The van der Waals surface area contributed by atoms with Crippen molar-refractivity contribution in [2.75, 3.05) is 14.2 Å². The minimum absolute atomic E-state index is 0.0403. The second kappa shape index (κ2) is 9.05. The van der Waals surface area contributed by atoms with Gasteiger partial charge in [-0.2, -0.15) is 0 Å². The van der Waals surface area contributed by atoms with Crippen LogP contribution in [0.4, 0.5) is 0 Å². The highest BCUT2D eigenvalue weighted by Gasteiger charge is 2.35. The minimum Gasteiger partial charge on any atom is -0.507 e. The highest BCUT2D eigenvalue weighted by Crippen LogP contribution is 2.45. The molecule has 1 aliphatic heterocycles. The number of phenolic OH excluding ortho intramolecular Hbond substituents is 1. The number of esters is 1. The number of carbonyl (C=O) groups excluding carboxylic acids is 1. The maximum absolute atomic E-state index is 13.7. The van der Waals surface area contributed by atoms with Gasteiger partial charge in [-0.15, -0.1) is 0 Å². The van der Waals surface area contributed by atoms with Gasteiger partial charge >= 0.3 is 5.97 Å². The van der Waals surface area contributed by atoms with Crippen LogP contribution in [-0.2, 0) is 11.8 Å². The lowest BCUT2D eigenvalue weighted by molar-refractivity contribution is -0.135. The molecule has 3 aromatic carbocycles. The predicted octanol–water partition coefficient (Wildman–Crippen LogP) is 4.48. The van der Waals surface area contributed by atoms with Gasteiger partial charge < -0.3 is 28.3 Å². The number of aryl methyl sites for hydroxylation is 1. The van der Waals surface area contributed by atoms with Crippen LogP contribution in [0, 0.1) is 0 Å². The van der Waals surface area contributed by atoms with Crippen molar-refractivity contribution in [3.63, 3.8) is 0 Å². The van der Waals surface area contributed by atoms with Crippen molar-refractivity contribution >= 4 is 27.8 Å². The largest absolute Gasteiger partial charge is 0.507 e. The Bertz CT molecular complexity index is 1930. The maximum atomic E-state index is 13.7. The number of aromatic nitrogens is 1. The molecular weight excluding hydrogens is 502 g/mol. The van der Waals surface area contributed by atoms with Crippen LogP contribution >= 0.6 is 0 Å². The average Bonchev–Trinajstić information content (AvgIpc) is 2.94. The summed E-state index contributed by atoms with van der Waals surface area (Å²) in [4.78, 5) is 39.8. The number of ether oxygens (including phenoxy) is 3. The van der Waals surface area contributed by atoms with Gasteiger partial charge in [-0.25, -0.2) is 0 Å². The van der Waals surface area contributed by atoms with E-state index in [1.807, 2.05) is 24.3 Å². The molecule has 5 aromatic rings. The normalized spacial score (nSPS) is 14.7. The summed E-state index contributed by atoms with van der Waals surface area (Å²) in [5.41, 5.74) is 1.39. The lowest BCUT2D eigenvalue weighted by Gasteiger charge is -2.26. The Morgan fingerprint density at radius 3 is 2.51 bits per heavy atom. The van der Waals surface area contributed by atoms with Gasteiger partial charge in [0.15, 0.2) is 11.5 Å². The third-order valence-corrected chi connectivity index (χ3v) is 7.20. The molecule has 0 aliphatic carbocycles. The Morgan fingerprint density at radius 2 is 1.74 bits per heavy atom. The molecule has 0 fully saturated rings. The fraction of sp³-hybridized carbons (Fsp3) is 0.167. The van der Waals surface area contributed by atoms with E-state index in [4.69, 9.17) is 18.6 Å². The van der Waals surface area contributed by atoms with E-state index in [1.165, 1.54) is 31.1 Å². The predicted molar refractivity (Wildman–Crippen MR) is 144 cm³/mol. The molecule has 0 saturated carbocycles. The van der Waals surface area contributed by atoms with Gasteiger partial charge in [0.1, 0.15) is 28.7 Å². The summed E-state index contributed by atoms with van der Waals surface area (Å²) >= 11 is 0. The molecule has 9 heteroatoms. The van der Waals surface area contributed by atoms with E-state index in [0.29, 0.717) is 28.2 Å². The van der Waals surface area contributed by atoms with Crippen LogP contribution in [0.15, 0.2) is 74.9 Å². The van der Waals surface area contributed by atoms with Crippen molar-refractivity contribution in [2.45, 2.75) is 12.3 Å². The van der Waals surface area contributed by atoms with Crippen molar-refractivity contribution in [1.29, 1.82) is 0 Å². The third kappa shape index (κ3) is 3.73. The first-order valence-corrected chi connectivity index (χ1v) is 12.2. The second-order valence-electron chi connectivity index (χ2n) is 9.31. The molecule has 1 aliphatic rings. The molecule has 3 heterocycles. The first-order valence-electron chi connectivity index (χ1n) is 12.2. The Morgan fingerprint density at radius 1 is 0.974 bits per heavy atom. The molecule has 39 heavy (non-hydrogen) atoms. The molecule has 6 rings (SSSR count). The second-order valence-corrected chi connectivity index (χ2v) is 9.31. The SMILES string of the molecule is COc1ccc(-c2coc3c4c(cc(O)c3c2=O)OC(=O)C[C@@H]4c2cc3ccccc3n(C)c2=O)cc1OC. The van der Waals surface area contributed by atoms with Crippen LogP contribution in [0.25, 0.3) is 33.0 Å². The number of pyridine rings is 1. The van der Waals surface area contributed by atoms with Crippen molar-refractivity contribution in [3.8, 4) is 34.1 Å². The summed E-state index contributed by atoms with van der Waals surface area (Å²) < 4.78 is 23.6. The summed E-state index contributed by atoms with van der Waals surface area (Å²) in [6, 6.07) is 15.4. The maximum Gasteiger partial charge on any atom is 0.312 e. The summed E-state index contributed by atoms with van der Waals surface area (Å²) in [5.74, 6) is -0.778. The lowest BCUT2D eigenvalue weighted by Crippen LogP contribution is -2.29. The molecule has 0 unspecified atom stereocenters. The first kappa shape index (κ1) is 24.3. The fourth-order valence-electron chi connectivity index (χ4n) is 5.30. The van der Waals surface area contributed by atoms with Crippen LogP contribution in [0.3, 0.4) is 0 Å². The molecule has 1 atom stereocenters. The Labute approximate surface area is 221 Å². The van der Waals surface area contributed by atoms with E-state index in [1.54, 1.807) is 31.3 Å². The van der Waals surface area contributed by atoms with E-state index in [-0.39, 0.29) is 34.3 Å². The van der Waals surface area contributed by atoms with Gasteiger partial charge in [0.05, 0.1) is 31.7 Å². The molecule has 0 saturated heterocycles. The number of hydrogen-bond donors (Lipinski definition) is 1. The van der Waals surface area contributed by atoms with Crippen molar-refractivity contribution in [3.05, 3.63) is 92.6 Å². The van der Waals surface area contributed by atoms with Gasteiger partial charge in [0, 0.05) is 30.2 Å². The van der Waals surface area contributed by atoms with Crippen LogP contribution in [0.5, 0.6) is 23.0 Å². The molecule has 0 radical (unpaired) electrons. The Balaban J connectivity index is 1.61. The number of carbonyl (C=O) groups is 1. The summed E-state index contributed by atoms with van der Waals surface area (Å²) in [6.45, 7) is 0. The summed E-state index contributed by atoms with van der Waals surface area (Å²) in [5, 5.41) is 11.6. The molecule has 1 N–H and O–H groups in total. The van der Waals surface area contributed by atoms with Gasteiger partial charge in [-0.05, 0) is 35.2 Å². The van der Waals surface area contributed by atoms with E-state index >= 15 is 0 Å². The van der Waals surface area contributed by atoms with E-state index in [0.717, 1.165) is 10.9 Å². The van der Waals surface area contributed by atoms with Crippen LogP contribution in [0.2, 0.25) is 0 Å². The minimum atomic E-state index is -0.761. The van der Waals surface area contributed by atoms with Crippen LogP contribution in [-0.4, -0.2) is 29.9 Å². The van der Waals surface area contributed by atoms with E-state index in [2.05, 4.69) is 0 Å². The molecule has 0 bridgehead atoms. The zero-order chi connectivity index (χ0) is 27.4. The first-order chi connectivity index (χ1) is 18.8. The number of nitrogens with zero attached hydrogens (tertiary/aromatic N) is 1. The standard InChI is InChI=1S/C30H23NO8/c1-31-20-7-5-4-6-16(20)10-18(30(31)35)17-12-25(33)39-24-13-21(32)27-28(34)19(14-38-29(27)26(17)24)15-8-9-22(36-2)23(11-15)37-3/h4-11,13-14,17,32H,12H2,1-3H3/t17-/m1/s1. The molecular formula is C30H23NO8. The highest BCUT2D eigenvalue weighted by atomic mass is 16.5. The fourth-order valence-corrected chi connectivity index (χ4v) is 5.30. The van der Waals surface area contributed by atoms with E-state index in [9.17, 15) is 19.5 Å². The number of aromatic hydroxyl groups is 1. The summed E-state index contributed by atoms with van der Waals surface area (Å²) in [6.07, 6.45) is 1.15. The smallest absolute Gasteiger partial charge is 0.312 e. The van der Waals surface area contributed by atoms with Crippen molar-refractivity contribution in [2.24, 2.45) is 7.05 Å². The topological polar surface area (TPSA) is 117 Å².